The number of halogens is 2. The Morgan fingerprint density at radius 1 is 1.20 bits per heavy atom. The van der Waals surface area contributed by atoms with E-state index in [0.29, 0.717) is 6.54 Å². The van der Waals surface area contributed by atoms with Gasteiger partial charge in [0.1, 0.15) is 0 Å². The number of carbonyl (C=O) groups excluding carboxylic acids is 2. The molecule has 0 spiro atoms. The van der Waals surface area contributed by atoms with E-state index < -0.39 is 12.5 Å². The monoisotopic (exact) mass is 370 g/mol. The van der Waals surface area contributed by atoms with Crippen LogP contribution in [0.25, 0.3) is 0 Å². The molecule has 0 aliphatic heterocycles. The minimum absolute atomic E-state index is 0.00454. The van der Waals surface area contributed by atoms with Crippen molar-refractivity contribution in [1.82, 2.24) is 10.6 Å². The summed E-state index contributed by atoms with van der Waals surface area (Å²) in [7, 11) is 1.27. The first-order valence-electron chi connectivity index (χ1n) is 7.19. The molecule has 25 heavy (non-hydrogen) atoms. The molecule has 0 radical (unpaired) electrons. The molecule has 2 rings (SSSR count). The van der Waals surface area contributed by atoms with Crippen LogP contribution in [0.15, 0.2) is 35.7 Å². The number of benzene rings is 1. The molecule has 0 bridgehead atoms. The molecule has 1 aromatic carbocycles. The molecule has 1 aromatic heterocycles. The smallest absolute Gasteiger partial charge is 0.387 e. The van der Waals surface area contributed by atoms with Crippen LogP contribution in [0.2, 0.25) is 0 Å². The summed E-state index contributed by atoms with van der Waals surface area (Å²) in [5, 5.41) is 7.02. The maximum Gasteiger partial charge on any atom is 0.387 e. The summed E-state index contributed by atoms with van der Waals surface area (Å²) in [5.41, 5.74) is 0.157. The molecule has 0 fully saturated rings. The van der Waals surface area contributed by atoms with Gasteiger partial charge in [-0.05, 0) is 29.6 Å². The van der Waals surface area contributed by atoms with Crippen molar-refractivity contribution >= 4 is 23.2 Å². The van der Waals surface area contributed by atoms with Gasteiger partial charge in [-0.3, -0.25) is 9.59 Å². The van der Waals surface area contributed by atoms with Crippen LogP contribution in [0.3, 0.4) is 0 Å². The van der Waals surface area contributed by atoms with Crippen LogP contribution in [0.4, 0.5) is 8.78 Å². The Balaban J connectivity index is 1.88. The zero-order chi connectivity index (χ0) is 18.2. The largest absolute Gasteiger partial charge is 0.493 e. The summed E-state index contributed by atoms with van der Waals surface area (Å²) in [4.78, 5) is 24.8. The van der Waals surface area contributed by atoms with Crippen LogP contribution in [0.5, 0.6) is 11.5 Å². The predicted molar refractivity (Wildman–Crippen MR) is 88.1 cm³/mol. The van der Waals surface area contributed by atoms with E-state index in [2.05, 4.69) is 15.4 Å². The summed E-state index contributed by atoms with van der Waals surface area (Å²) < 4.78 is 33.8. The Morgan fingerprint density at radius 2 is 2.00 bits per heavy atom. The van der Waals surface area contributed by atoms with Crippen molar-refractivity contribution in [2.24, 2.45) is 0 Å². The first-order chi connectivity index (χ1) is 12.0. The zero-order valence-corrected chi connectivity index (χ0v) is 14.1. The van der Waals surface area contributed by atoms with Gasteiger partial charge < -0.3 is 20.1 Å². The third-order valence-electron chi connectivity index (χ3n) is 3.09. The molecule has 0 saturated heterocycles. The number of amides is 2. The molecule has 0 atom stereocenters. The van der Waals surface area contributed by atoms with Crippen molar-refractivity contribution in [1.29, 1.82) is 0 Å². The Kier molecular flexibility index (Phi) is 6.70. The summed E-state index contributed by atoms with van der Waals surface area (Å²) >= 11 is 1.51. The second kappa shape index (κ2) is 8.97. The molecular formula is C16H16F2N2O4S. The number of alkyl halides is 2. The SMILES string of the molecule is COc1cc(C(=O)NCC(=O)NCc2cccs2)ccc1OC(F)F. The lowest BCUT2D eigenvalue weighted by atomic mass is 10.2. The molecule has 2 N–H and O–H groups in total. The minimum Gasteiger partial charge on any atom is -0.493 e. The van der Waals surface area contributed by atoms with Gasteiger partial charge in [-0.1, -0.05) is 6.07 Å². The summed E-state index contributed by atoms with van der Waals surface area (Å²) in [6.07, 6.45) is 0. The molecule has 0 aliphatic carbocycles. The van der Waals surface area contributed by atoms with Crippen molar-refractivity contribution in [2.75, 3.05) is 13.7 Å². The van der Waals surface area contributed by atoms with Crippen LogP contribution in [-0.4, -0.2) is 32.1 Å². The standard InChI is InChI=1S/C16H16F2N2O4S/c1-23-13-7-10(4-5-12(13)24-16(17)18)15(22)20-9-14(21)19-8-11-3-2-6-25-11/h2-7,16H,8-9H2,1H3,(H,19,21)(H,20,22). The highest BCUT2D eigenvalue weighted by molar-refractivity contribution is 7.09. The Hall–Kier alpha value is -2.68. The van der Waals surface area contributed by atoms with Crippen molar-refractivity contribution < 1.29 is 27.8 Å². The highest BCUT2D eigenvalue weighted by Gasteiger charge is 2.14. The van der Waals surface area contributed by atoms with E-state index in [1.807, 2.05) is 17.5 Å². The normalized spacial score (nSPS) is 10.4. The van der Waals surface area contributed by atoms with Gasteiger partial charge in [0.05, 0.1) is 20.2 Å². The maximum absolute atomic E-state index is 12.3. The van der Waals surface area contributed by atoms with E-state index in [4.69, 9.17) is 4.74 Å². The van der Waals surface area contributed by atoms with E-state index in [0.717, 1.165) is 4.88 Å². The Labute approximate surface area is 146 Å². The third-order valence-corrected chi connectivity index (χ3v) is 3.97. The first kappa shape index (κ1) is 18.7. The number of hydrogen-bond donors (Lipinski definition) is 2. The van der Waals surface area contributed by atoms with Gasteiger partial charge in [0.15, 0.2) is 11.5 Å². The van der Waals surface area contributed by atoms with Gasteiger partial charge in [0, 0.05) is 10.4 Å². The Morgan fingerprint density at radius 3 is 2.64 bits per heavy atom. The molecule has 134 valence electrons. The number of methoxy groups -OCH3 is 1. The molecular weight excluding hydrogens is 354 g/mol. The fourth-order valence-corrected chi connectivity index (χ4v) is 2.57. The van der Waals surface area contributed by atoms with Crippen LogP contribution < -0.4 is 20.1 Å². The fraction of sp³-hybridized carbons (Fsp3) is 0.250. The summed E-state index contributed by atoms with van der Waals surface area (Å²) in [6, 6.07) is 7.54. The van der Waals surface area contributed by atoms with Crippen LogP contribution in [-0.2, 0) is 11.3 Å². The number of rotatable bonds is 8. The number of carbonyl (C=O) groups is 2. The van der Waals surface area contributed by atoms with Gasteiger partial charge in [-0.15, -0.1) is 11.3 Å². The molecule has 2 amide bonds. The molecule has 9 heteroatoms. The van der Waals surface area contributed by atoms with Crippen LogP contribution in [0.1, 0.15) is 15.2 Å². The van der Waals surface area contributed by atoms with Gasteiger partial charge >= 0.3 is 6.61 Å². The number of hydrogen-bond acceptors (Lipinski definition) is 5. The van der Waals surface area contributed by atoms with E-state index in [1.54, 1.807) is 0 Å². The lowest BCUT2D eigenvalue weighted by molar-refractivity contribution is -0.120. The Bertz CT molecular complexity index is 723. The highest BCUT2D eigenvalue weighted by Crippen LogP contribution is 2.29. The number of ether oxygens (including phenoxy) is 2. The molecule has 0 unspecified atom stereocenters. The second-order valence-corrected chi connectivity index (χ2v) is 5.82. The second-order valence-electron chi connectivity index (χ2n) is 4.78. The maximum atomic E-state index is 12.3. The fourth-order valence-electron chi connectivity index (χ4n) is 1.93. The number of thiophene rings is 1. The first-order valence-corrected chi connectivity index (χ1v) is 8.07. The quantitative estimate of drug-likeness (QED) is 0.748. The zero-order valence-electron chi connectivity index (χ0n) is 13.3. The predicted octanol–water partition coefficient (Wildman–Crippen LogP) is 2.40. The van der Waals surface area contributed by atoms with Crippen molar-refractivity contribution in [3.8, 4) is 11.5 Å². The van der Waals surface area contributed by atoms with Gasteiger partial charge in [-0.25, -0.2) is 0 Å². The van der Waals surface area contributed by atoms with Crippen molar-refractivity contribution in [3.63, 3.8) is 0 Å². The van der Waals surface area contributed by atoms with Gasteiger partial charge in [-0.2, -0.15) is 8.78 Å². The average Bonchev–Trinajstić information content (AvgIpc) is 3.11. The van der Waals surface area contributed by atoms with Gasteiger partial charge in [0.25, 0.3) is 5.91 Å². The summed E-state index contributed by atoms with van der Waals surface area (Å²) in [5.74, 6) is -1.06. The molecule has 1 heterocycles. The number of nitrogens with one attached hydrogen (secondary N) is 2. The van der Waals surface area contributed by atoms with Crippen LogP contribution >= 0.6 is 11.3 Å². The van der Waals surface area contributed by atoms with E-state index in [1.165, 1.54) is 36.6 Å². The summed E-state index contributed by atoms with van der Waals surface area (Å²) in [6.45, 7) is -2.82. The van der Waals surface area contributed by atoms with Crippen molar-refractivity contribution in [3.05, 3.63) is 46.2 Å². The molecule has 0 saturated carbocycles. The van der Waals surface area contributed by atoms with E-state index in [9.17, 15) is 18.4 Å². The molecule has 6 nitrogen and oxygen atoms in total. The highest BCUT2D eigenvalue weighted by atomic mass is 32.1. The molecule has 2 aromatic rings. The minimum atomic E-state index is -3.00. The van der Waals surface area contributed by atoms with E-state index in [-0.39, 0.29) is 29.5 Å². The van der Waals surface area contributed by atoms with Crippen LogP contribution in [0, 0.1) is 0 Å². The van der Waals surface area contributed by atoms with Gasteiger partial charge in [0.2, 0.25) is 5.91 Å². The molecule has 0 aliphatic rings. The average molecular weight is 370 g/mol. The topological polar surface area (TPSA) is 76.7 Å². The van der Waals surface area contributed by atoms with E-state index >= 15 is 0 Å². The third kappa shape index (κ3) is 5.71. The lowest BCUT2D eigenvalue weighted by Crippen LogP contribution is -2.36. The van der Waals surface area contributed by atoms with Crippen molar-refractivity contribution in [2.45, 2.75) is 13.2 Å². The lowest BCUT2D eigenvalue weighted by Gasteiger charge is -2.11.